The minimum atomic E-state index is 0. The van der Waals surface area contributed by atoms with Crippen LogP contribution in [0, 0.1) is 0 Å². The molecule has 110 valence electrons. The Hall–Kier alpha value is -1.81. The molecule has 0 aliphatic carbocycles. The number of fused-ring (bicyclic) bond motifs is 2. The highest BCUT2D eigenvalue weighted by Crippen LogP contribution is 2.35. The van der Waals surface area contributed by atoms with E-state index in [0.29, 0.717) is 0 Å². The van der Waals surface area contributed by atoms with Crippen molar-refractivity contribution in [2.45, 2.75) is 0 Å². The summed E-state index contributed by atoms with van der Waals surface area (Å²) in [5, 5.41) is 2.37. The van der Waals surface area contributed by atoms with E-state index in [1.807, 2.05) is 6.07 Å². The highest BCUT2D eigenvalue weighted by atomic mass is 79.9. The van der Waals surface area contributed by atoms with Crippen LogP contribution in [-0.2, 0) is 0 Å². The Balaban J connectivity index is 0.00000161. The summed E-state index contributed by atoms with van der Waals surface area (Å²) in [5.41, 5.74) is 4.51. The van der Waals surface area contributed by atoms with Crippen LogP contribution in [0.5, 0.6) is 0 Å². The highest BCUT2D eigenvalue weighted by Gasteiger charge is 2.12. The molecule has 1 aromatic heterocycles. The molecule has 1 heterocycles. The number of hydrogen-bond acceptors (Lipinski definition) is 3. The van der Waals surface area contributed by atoms with Crippen LogP contribution < -0.4 is 9.80 Å². The zero-order valence-electron chi connectivity index (χ0n) is 12.8. The zero-order valence-corrected chi connectivity index (χ0v) is 14.5. The Morgan fingerprint density at radius 3 is 2.19 bits per heavy atom. The van der Waals surface area contributed by atoms with Crippen LogP contribution in [0.1, 0.15) is 0 Å². The molecule has 0 unspecified atom stereocenters. The van der Waals surface area contributed by atoms with Gasteiger partial charge in [0.1, 0.15) is 0 Å². The lowest BCUT2D eigenvalue weighted by molar-refractivity contribution is 1.08. The number of para-hydroxylation sites is 1. The molecule has 21 heavy (non-hydrogen) atoms. The Labute approximate surface area is 136 Å². The number of rotatable bonds is 2. The van der Waals surface area contributed by atoms with Crippen molar-refractivity contribution >= 4 is 50.2 Å². The summed E-state index contributed by atoms with van der Waals surface area (Å²) < 4.78 is 0. The maximum Gasteiger partial charge on any atom is 0.0732 e. The number of nitrogens with zero attached hydrogens (tertiary/aromatic N) is 3. The van der Waals surface area contributed by atoms with Crippen molar-refractivity contribution in [1.29, 1.82) is 0 Å². The van der Waals surface area contributed by atoms with Crippen LogP contribution in [0.25, 0.3) is 21.8 Å². The van der Waals surface area contributed by atoms with E-state index in [9.17, 15) is 0 Å². The lowest BCUT2D eigenvalue weighted by atomic mass is 10.1. The van der Waals surface area contributed by atoms with Gasteiger partial charge in [0.2, 0.25) is 0 Å². The molecule has 0 amide bonds. The molecule has 0 spiro atoms. The quantitative estimate of drug-likeness (QED) is 0.652. The van der Waals surface area contributed by atoms with Crippen LogP contribution in [0.2, 0.25) is 0 Å². The van der Waals surface area contributed by atoms with Gasteiger partial charge in [-0.2, -0.15) is 0 Å². The van der Waals surface area contributed by atoms with E-state index in [-0.39, 0.29) is 17.0 Å². The molecule has 0 aliphatic rings. The van der Waals surface area contributed by atoms with E-state index in [4.69, 9.17) is 4.98 Å². The molecule has 3 aromatic rings. The Morgan fingerprint density at radius 1 is 0.810 bits per heavy atom. The van der Waals surface area contributed by atoms with Gasteiger partial charge in [0.25, 0.3) is 0 Å². The minimum Gasteiger partial charge on any atom is -0.376 e. The molecule has 0 radical (unpaired) electrons. The first kappa shape index (κ1) is 15.6. The molecule has 0 aliphatic heterocycles. The summed E-state index contributed by atoms with van der Waals surface area (Å²) in [7, 11) is 8.30. The zero-order chi connectivity index (χ0) is 14.3. The van der Waals surface area contributed by atoms with Crippen LogP contribution in [0.15, 0.2) is 42.5 Å². The van der Waals surface area contributed by atoms with Crippen molar-refractivity contribution < 1.29 is 0 Å². The molecule has 0 saturated carbocycles. The number of halogens is 1. The fourth-order valence-corrected chi connectivity index (χ4v) is 2.65. The van der Waals surface area contributed by atoms with Gasteiger partial charge in [0.15, 0.2) is 0 Å². The van der Waals surface area contributed by atoms with E-state index in [0.717, 1.165) is 11.0 Å². The predicted octanol–water partition coefficient (Wildman–Crippen LogP) is 4.10. The molecule has 0 saturated heterocycles. The van der Waals surface area contributed by atoms with Crippen LogP contribution in [0.3, 0.4) is 0 Å². The fourth-order valence-electron chi connectivity index (χ4n) is 2.65. The van der Waals surface area contributed by atoms with Crippen LogP contribution >= 0.6 is 17.0 Å². The second-order valence-electron chi connectivity index (χ2n) is 5.47. The fraction of sp³-hybridized carbons (Fsp3) is 0.235. The van der Waals surface area contributed by atoms with Crippen molar-refractivity contribution in [2.75, 3.05) is 38.0 Å². The second kappa shape index (κ2) is 5.90. The number of hydrogen-bond donors (Lipinski definition) is 0. The topological polar surface area (TPSA) is 19.4 Å². The number of anilines is 2. The lowest BCUT2D eigenvalue weighted by Gasteiger charge is -2.24. The first-order valence-corrected chi connectivity index (χ1v) is 6.75. The maximum absolute atomic E-state index is 4.78. The average molecular weight is 346 g/mol. The predicted molar refractivity (Wildman–Crippen MR) is 98.2 cm³/mol. The lowest BCUT2D eigenvalue weighted by Crippen LogP contribution is -2.17. The normalized spacial score (nSPS) is 10.5. The van der Waals surface area contributed by atoms with E-state index < -0.39 is 0 Å². The molecular weight excluding hydrogens is 326 g/mol. The van der Waals surface area contributed by atoms with Gasteiger partial charge in [-0.15, -0.1) is 17.0 Å². The first-order chi connectivity index (χ1) is 9.58. The van der Waals surface area contributed by atoms with Crippen LogP contribution in [-0.4, -0.2) is 33.2 Å². The minimum absolute atomic E-state index is 0. The summed E-state index contributed by atoms with van der Waals surface area (Å²) in [6.07, 6.45) is 0. The van der Waals surface area contributed by atoms with Gasteiger partial charge >= 0.3 is 0 Å². The summed E-state index contributed by atoms with van der Waals surface area (Å²) in [5.74, 6) is 0. The van der Waals surface area contributed by atoms with E-state index in [1.54, 1.807) is 0 Å². The summed E-state index contributed by atoms with van der Waals surface area (Å²) in [6, 6.07) is 14.7. The van der Waals surface area contributed by atoms with Crippen molar-refractivity contribution in [3.05, 3.63) is 42.5 Å². The van der Waals surface area contributed by atoms with Gasteiger partial charge in [-0.3, -0.25) is 0 Å². The summed E-state index contributed by atoms with van der Waals surface area (Å²) in [6.45, 7) is 0. The van der Waals surface area contributed by atoms with Crippen molar-refractivity contribution in [3.8, 4) is 0 Å². The highest BCUT2D eigenvalue weighted by molar-refractivity contribution is 8.93. The SMILES string of the molecule is Br.CN(C)c1ccc2nc3ccccc3cc2c1N(C)C. The third kappa shape index (κ3) is 2.68. The molecule has 3 nitrogen and oxygen atoms in total. The molecule has 0 fully saturated rings. The largest absolute Gasteiger partial charge is 0.376 e. The van der Waals surface area contributed by atoms with Crippen molar-refractivity contribution in [2.24, 2.45) is 0 Å². The molecule has 4 heteroatoms. The molecule has 3 rings (SSSR count). The smallest absolute Gasteiger partial charge is 0.0732 e. The Morgan fingerprint density at radius 2 is 1.52 bits per heavy atom. The first-order valence-electron chi connectivity index (χ1n) is 6.75. The van der Waals surface area contributed by atoms with Gasteiger partial charge in [-0.1, -0.05) is 18.2 Å². The monoisotopic (exact) mass is 345 g/mol. The molecule has 0 bridgehead atoms. The van der Waals surface area contributed by atoms with E-state index in [2.05, 4.69) is 74.4 Å². The average Bonchev–Trinajstić information content (AvgIpc) is 2.43. The van der Waals surface area contributed by atoms with Crippen molar-refractivity contribution in [1.82, 2.24) is 4.98 Å². The summed E-state index contributed by atoms with van der Waals surface area (Å²) in [4.78, 5) is 9.08. The third-order valence-electron chi connectivity index (χ3n) is 3.58. The van der Waals surface area contributed by atoms with Gasteiger partial charge in [0.05, 0.1) is 22.4 Å². The van der Waals surface area contributed by atoms with Crippen LogP contribution in [0.4, 0.5) is 11.4 Å². The standard InChI is InChI=1S/C17H19N3.BrH/c1-19(2)16-10-9-15-13(17(16)20(3)4)11-12-7-5-6-8-14(12)18-15;/h5-11H,1-4H3;1H. The molecule has 2 aromatic carbocycles. The Bertz CT molecular complexity index is 781. The molecular formula is C17H20BrN3. The maximum atomic E-state index is 4.78. The number of aromatic nitrogens is 1. The van der Waals surface area contributed by atoms with Crippen molar-refractivity contribution in [3.63, 3.8) is 0 Å². The van der Waals surface area contributed by atoms with E-state index >= 15 is 0 Å². The number of benzene rings is 2. The van der Waals surface area contributed by atoms with E-state index in [1.165, 1.54) is 22.1 Å². The Kier molecular flexibility index (Phi) is 4.37. The van der Waals surface area contributed by atoms with Gasteiger partial charge in [-0.25, -0.2) is 4.98 Å². The third-order valence-corrected chi connectivity index (χ3v) is 3.58. The molecule has 0 N–H and O–H groups in total. The van der Waals surface area contributed by atoms with Gasteiger partial charge < -0.3 is 9.80 Å². The summed E-state index contributed by atoms with van der Waals surface area (Å²) >= 11 is 0. The van der Waals surface area contributed by atoms with Gasteiger partial charge in [0, 0.05) is 39.0 Å². The second-order valence-corrected chi connectivity index (χ2v) is 5.47. The number of pyridine rings is 1. The van der Waals surface area contributed by atoms with Gasteiger partial charge in [-0.05, 0) is 24.3 Å². The molecule has 0 atom stereocenters.